The summed E-state index contributed by atoms with van der Waals surface area (Å²) in [5, 5.41) is 30.6. The standard InChI is InChI=1S/C15H13BrN8O.2C2HF3O2/c16-10-7-12-14(18-8-10)20-13(19-12)9-1-3-11(4-2-9)25-6-5-17-15-21-23-24-22-15;2*3-2(4,5)1(6)7/h1-4,7-8H,5-6H2,(H,18,19,20)(H2,17,21,22,23,24);2*(H,6,7). The maximum absolute atomic E-state index is 10.6. The number of aromatic amines is 2. The number of rotatable bonds is 6. The molecule has 5 N–H and O–H groups in total. The lowest BCUT2D eigenvalue weighted by molar-refractivity contribution is -0.193. The van der Waals surface area contributed by atoms with Gasteiger partial charge in [-0.2, -0.15) is 26.3 Å². The number of nitrogens with zero attached hydrogens (tertiary/aromatic N) is 5. The Hall–Kier alpha value is -4.49. The van der Waals surface area contributed by atoms with Gasteiger partial charge in [-0.25, -0.2) is 24.7 Å². The average Bonchev–Trinajstić information content (AvgIpc) is 3.51. The Bertz CT molecular complexity index is 1340. The van der Waals surface area contributed by atoms with Crippen molar-refractivity contribution in [2.75, 3.05) is 18.5 Å². The van der Waals surface area contributed by atoms with E-state index in [1.807, 2.05) is 30.3 Å². The molecule has 0 fully saturated rings. The average molecular weight is 629 g/mol. The molecular formula is C19H15BrF6N8O5. The molecule has 4 aromatic rings. The van der Waals surface area contributed by atoms with Gasteiger partial charge in [-0.1, -0.05) is 5.10 Å². The summed E-state index contributed by atoms with van der Waals surface area (Å²) in [6.45, 7) is 1.07. The molecule has 3 heterocycles. The maximum atomic E-state index is 10.6. The number of benzene rings is 1. The number of tetrazole rings is 1. The molecule has 210 valence electrons. The van der Waals surface area contributed by atoms with E-state index < -0.39 is 24.3 Å². The lowest BCUT2D eigenvalue weighted by Crippen LogP contribution is -2.21. The number of nitrogens with one attached hydrogen (secondary N) is 3. The fourth-order valence-corrected chi connectivity index (χ4v) is 2.61. The van der Waals surface area contributed by atoms with Gasteiger partial charge >= 0.3 is 24.3 Å². The molecule has 4 rings (SSSR count). The molecule has 1 aromatic carbocycles. The second kappa shape index (κ2) is 13.3. The number of imidazole rings is 1. The fourth-order valence-electron chi connectivity index (χ4n) is 2.29. The Balaban J connectivity index is 0.000000317. The highest BCUT2D eigenvalue weighted by Crippen LogP contribution is 2.23. The molecule has 39 heavy (non-hydrogen) atoms. The van der Waals surface area contributed by atoms with Crippen molar-refractivity contribution in [2.24, 2.45) is 0 Å². The molecule has 0 amide bonds. The van der Waals surface area contributed by atoms with Crippen LogP contribution in [0.4, 0.5) is 32.3 Å². The third-order valence-corrected chi connectivity index (χ3v) is 4.36. The van der Waals surface area contributed by atoms with E-state index >= 15 is 0 Å². The van der Waals surface area contributed by atoms with Gasteiger partial charge in [0.2, 0.25) is 5.95 Å². The van der Waals surface area contributed by atoms with Crippen molar-refractivity contribution in [1.82, 2.24) is 35.6 Å². The van der Waals surface area contributed by atoms with Crippen LogP contribution < -0.4 is 10.1 Å². The molecule has 0 aliphatic rings. The van der Waals surface area contributed by atoms with Gasteiger partial charge in [-0.15, -0.1) is 0 Å². The Morgan fingerprint density at radius 2 is 1.62 bits per heavy atom. The van der Waals surface area contributed by atoms with Crippen molar-refractivity contribution in [3.05, 3.63) is 41.0 Å². The summed E-state index contributed by atoms with van der Waals surface area (Å²) in [5.41, 5.74) is 2.54. The molecule has 0 saturated carbocycles. The predicted octanol–water partition coefficient (Wildman–Crippen LogP) is 3.66. The van der Waals surface area contributed by atoms with E-state index in [-0.39, 0.29) is 0 Å². The van der Waals surface area contributed by atoms with E-state index in [1.165, 1.54) is 0 Å². The van der Waals surface area contributed by atoms with Crippen LogP contribution in [0, 0.1) is 0 Å². The van der Waals surface area contributed by atoms with Crippen molar-refractivity contribution < 1.29 is 50.9 Å². The fraction of sp³-hybridized carbons (Fsp3) is 0.211. The summed E-state index contributed by atoms with van der Waals surface area (Å²) >= 11 is 3.40. The lowest BCUT2D eigenvalue weighted by Gasteiger charge is -2.06. The second-order valence-corrected chi connectivity index (χ2v) is 7.68. The topological polar surface area (TPSA) is 192 Å². The molecule has 20 heteroatoms. The number of hydrogen-bond acceptors (Lipinski definition) is 9. The van der Waals surface area contributed by atoms with E-state index in [0.29, 0.717) is 19.1 Å². The number of H-pyrrole nitrogens is 2. The van der Waals surface area contributed by atoms with Gasteiger partial charge in [-0.05, 0) is 56.7 Å². The van der Waals surface area contributed by atoms with Crippen LogP contribution in [-0.2, 0) is 9.59 Å². The maximum Gasteiger partial charge on any atom is 0.490 e. The largest absolute Gasteiger partial charge is 0.492 e. The highest BCUT2D eigenvalue weighted by atomic mass is 79.9. The van der Waals surface area contributed by atoms with Crippen LogP contribution in [-0.4, -0.2) is 83.2 Å². The van der Waals surface area contributed by atoms with Crippen LogP contribution >= 0.6 is 15.9 Å². The van der Waals surface area contributed by atoms with Crippen LogP contribution in [0.15, 0.2) is 41.0 Å². The van der Waals surface area contributed by atoms with Crippen LogP contribution in [0.3, 0.4) is 0 Å². The number of ether oxygens (including phenoxy) is 1. The summed E-state index contributed by atoms with van der Waals surface area (Å²) in [7, 11) is 0. The summed E-state index contributed by atoms with van der Waals surface area (Å²) in [4.78, 5) is 29.9. The Morgan fingerprint density at radius 1 is 1.03 bits per heavy atom. The van der Waals surface area contributed by atoms with Crippen molar-refractivity contribution >= 4 is 45.0 Å². The van der Waals surface area contributed by atoms with Gasteiger partial charge in [0.05, 0.1) is 6.54 Å². The Labute approximate surface area is 220 Å². The molecule has 0 unspecified atom stereocenters. The van der Waals surface area contributed by atoms with Gasteiger partial charge < -0.3 is 25.3 Å². The highest BCUT2D eigenvalue weighted by Gasteiger charge is 2.38. The predicted molar refractivity (Wildman–Crippen MR) is 123 cm³/mol. The minimum Gasteiger partial charge on any atom is -0.492 e. The monoisotopic (exact) mass is 628 g/mol. The zero-order valence-electron chi connectivity index (χ0n) is 18.9. The van der Waals surface area contributed by atoms with Crippen LogP contribution in [0.5, 0.6) is 5.75 Å². The van der Waals surface area contributed by atoms with E-state index in [2.05, 4.69) is 56.8 Å². The number of aromatic nitrogens is 7. The molecule has 0 atom stereocenters. The quantitative estimate of drug-likeness (QED) is 0.155. The van der Waals surface area contributed by atoms with Crippen LogP contribution in [0.25, 0.3) is 22.6 Å². The van der Waals surface area contributed by atoms with Gasteiger partial charge in [0.1, 0.15) is 23.7 Å². The Morgan fingerprint density at radius 3 is 2.13 bits per heavy atom. The number of carboxylic acids is 2. The highest BCUT2D eigenvalue weighted by molar-refractivity contribution is 9.10. The zero-order valence-corrected chi connectivity index (χ0v) is 20.5. The zero-order chi connectivity index (χ0) is 29.2. The number of pyridine rings is 1. The molecule has 0 bridgehead atoms. The van der Waals surface area contributed by atoms with Crippen LogP contribution in [0.2, 0.25) is 0 Å². The SMILES string of the molecule is Brc1cnc2[nH]c(-c3ccc(OCCNc4nnn[nH]4)cc3)nc2c1.O=C(O)C(F)(F)F.O=C(O)C(F)(F)F. The molecular weight excluding hydrogens is 614 g/mol. The number of hydrogen-bond donors (Lipinski definition) is 5. The number of aliphatic carboxylic acids is 2. The van der Waals surface area contributed by atoms with Crippen molar-refractivity contribution in [1.29, 1.82) is 0 Å². The molecule has 0 saturated heterocycles. The normalized spacial score (nSPS) is 11.1. The number of halogens is 7. The van der Waals surface area contributed by atoms with Gasteiger partial charge in [0.15, 0.2) is 5.65 Å². The first-order valence-electron chi connectivity index (χ1n) is 9.99. The van der Waals surface area contributed by atoms with Crippen molar-refractivity contribution in [3.8, 4) is 17.1 Å². The lowest BCUT2D eigenvalue weighted by atomic mass is 10.2. The first kappa shape index (κ1) is 30.7. The molecule has 0 aliphatic heterocycles. The Kier molecular flexibility index (Phi) is 10.5. The number of carboxylic acid groups (broad SMARTS) is 2. The smallest absolute Gasteiger partial charge is 0.490 e. The van der Waals surface area contributed by atoms with Crippen molar-refractivity contribution in [3.63, 3.8) is 0 Å². The molecule has 0 radical (unpaired) electrons. The third kappa shape index (κ3) is 10.4. The molecule has 0 aliphatic carbocycles. The number of fused-ring (bicyclic) bond motifs is 1. The number of anilines is 1. The van der Waals surface area contributed by atoms with E-state index in [0.717, 1.165) is 32.8 Å². The van der Waals surface area contributed by atoms with Crippen molar-refractivity contribution in [2.45, 2.75) is 12.4 Å². The number of carbonyl (C=O) groups is 2. The third-order valence-electron chi connectivity index (χ3n) is 3.92. The minimum absolute atomic E-state index is 0.489. The van der Waals surface area contributed by atoms with E-state index in [1.54, 1.807) is 6.20 Å². The summed E-state index contributed by atoms with van der Waals surface area (Å²) in [6.07, 6.45) is -8.43. The molecule has 3 aromatic heterocycles. The second-order valence-electron chi connectivity index (χ2n) is 6.76. The summed E-state index contributed by atoms with van der Waals surface area (Å²) < 4.78 is 70.0. The number of alkyl halides is 6. The van der Waals surface area contributed by atoms with Crippen LogP contribution in [0.1, 0.15) is 0 Å². The molecule has 13 nitrogen and oxygen atoms in total. The summed E-state index contributed by atoms with van der Waals surface area (Å²) in [6, 6.07) is 9.65. The van der Waals surface area contributed by atoms with Gasteiger partial charge in [-0.3, -0.25) is 0 Å². The first-order valence-corrected chi connectivity index (χ1v) is 10.8. The van der Waals surface area contributed by atoms with Gasteiger partial charge in [0.25, 0.3) is 0 Å². The molecule has 0 spiro atoms. The first-order chi connectivity index (χ1) is 18.2. The van der Waals surface area contributed by atoms with E-state index in [4.69, 9.17) is 24.5 Å². The van der Waals surface area contributed by atoms with Gasteiger partial charge in [0, 0.05) is 16.2 Å². The summed E-state index contributed by atoms with van der Waals surface area (Å²) in [5.74, 6) is -3.45. The van der Waals surface area contributed by atoms with E-state index in [9.17, 15) is 26.3 Å². The minimum atomic E-state index is -5.08.